The van der Waals surface area contributed by atoms with Crippen molar-refractivity contribution in [2.24, 2.45) is 0 Å². The number of nitrogens with one attached hydrogen (secondary N) is 1. The third kappa shape index (κ3) is 4.61. The molecular formula is C17H24FN5O. The molecule has 0 spiro atoms. The van der Waals surface area contributed by atoms with E-state index in [1.165, 1.54) is 16.8 Å². The molecule has 0 saturated heterocycles. The van der Waals surface area contributed by atoms with Gasteiger partial charge in [0.1, 0.15) is 11.6 Å². The molecule has 130 valence electrons. The summed E-state index contributed by atoms with van der Waals surface area (Å²) in [5.41, 5.74) is 0.666. The highest BCUT2D eigenvalue weighted by molar-refractivity contribution is 5.90. The quantitative estimate of drug-likeness (QED) is 0.789. The fourth-order valence-corrected chi connectivity index (χ4v) is 2.18. The van der Waals surface area contributed by atoms with Crippen molar-refractivity contribution in [1.82, 2.24) is 25.0 Å². The third-order valence-corrected chi connectivity index (χ3v) is 3.90. The van der Waals surface area contributed by atoms with Gasteiger partial charge in [0, 0.05) is 12.6 Å². The van der Waals surface area contributed by atoms with Crippen LogP contribution >= 0.6 is 0 Å². The highest BCUT2D eigenvalue weighted by atomic mass is 19.1. The molecule has 0 unspecified atom stereocenters. The Balaban J connectivity index is 1.94. The van der Waals surface area contributed by atoms with Crippen LogP contribution in [0.5, 0.6) is 0 Å². The fourth-order valence-electron chi connectivity index (χ4n) is 2.18. The Morgan fingerprint density at radius 3 is 2.62 bits per heavy atom. The minimum atomic E-state index is -0.319. The maximum Gasteiger partial charge on any atom is 0.290 e. The SMILES string of the molecule is Cc1nc(C(=O)NCCCN(C)C(C)C)nn1-c1ccc(F)cc1. The number of carbonyl (C=O) groups excluding carboxylic acids is 1. The topological polar surface area (TPSA) is 63.1 Å². The Bertz CT molecular complexity index is 681. The van der Waals surface area contributed by atoms with Crippen molar-refractivity contribution in [3.05, 3.63) is 41.7 Å². The number of aromatic nitrogens is 3. The molecule has 2 aromatic rings. The number of carbonyl (C=O) groups is 1. The van der Waals surface area contributed by atoms with Gasteiger partial charge in [0.2, 0.25) is 5.82 Å². The van der Waals surface area contributed by atoms with Crippen LogP contribution in [-0.2, 0) is 0 Å². The largest absolute Gasteiger partial charge is 0.349 e. The molecule has 0 aliphatic heterocycles. The standard InChI is InChI=1S/C17H24FN5O/c1-12(2)22(4)11-5-10-19-17(24)16-20-13(3)23(21-16)15-8-6-14(18)7-9-15/h6-9,12H,5,10-11H2,1-4H3,(H,19,24). The lowest BCUT2D eigenvalue weighted by Crippen LogP contribution is -2.31. The molecular weight excluding hydrogens is 309 g/mol. The minimum absolute atomic E-state index is 0.119. The maximum atomic E-state index is 13.0. The molecule has 6 nitrogen and oxygen atoms in total. The van der Waals surface area contributed by atoms with Crippen molar-refractivity contribution in [3.63, 3.8) is 0 Å². The minimum Gasteiger partial charge on any atom is -0.349 e. The van der Waals surface area contributed by atoms with Crippen LogP contribution in [0.2, 0.25) is 0 Å². The molecule has 24 heavy (non-hydrogen) atoms. The van der Waals surface area contributed by atoms with E-state index < -0.39 is 0 Å². The first-order chi connectivity index (χ1) is 11.4. The van der Waals surface area contributed by atoms with Crippen LogP contribution in [0.1, 0.15) is 36.7 Å². The van der Waals surface area contributed by atoms with Crippen LogP contribution in [0.15, 0.2) is 24.3 Å². The maximum absolute atomic E-state index is 13.0. The summed E-state index contributed by atoms with van der Waals surface area (Å²) in [6, 6.07) is 6.38. The molecule has 2 rings (SSSR count). The molecule has 1 N–H and O–H groups in total. The second kappa shape index (κ2) is 8.01. The van der Waals surface area contributed by atoms with Gasteiger partial charge in [-0.05, 0) is 65.0 Å². The van der Waals surface area contributed by atoms with Gasteiger partial charge >= 0.3 is 0 Å². The van der Waals surface area contributed by atoms with E-state index in [2.05, 4.69) is 41.2 Å². The van der Waals surface area contributed by atoms with Gasteiger partial charge in [-0.1, -0.05) is 0 Å². The lowest BCUT2D eigenvalue weighted by molar-refractivity contribution is 0.0941. The predicted octanol–water partition coefficient (Wildman–Crippen LogP) is 2.17. The first-order valence-corrected chi connectivity index (χ1v) is 8.06. The first kappa shape index (κ1) is 18.1. The summed E-state index contributed by atoms with van der Waals surface area (Å²) < 4.78 is 14.5. The number of aryl methyl sites for hydroxylation is 1. The fraction of sp³-hybridized carbons (Fsp3) is 0.471. The normalized spacial score (nSPS) is 11.3. The molecule has 0 bridgehead atoms. The lowest BCUT2D eigenvalue weighted by atomic mass is 10.3. The van der Waals surface area contributed by atoms with E-state index in [0.29, 0.717) is 24.1 Å². The van der Waals surface area contributed by atoms with Crippen LogP contribution in [0, 0.1) is 12.7 Å². The van der Waals surface area contributed by atoms with Gasteiger partial charge in [0.15, 0.2) is 0 Å². The average Bonchev–Trinajstić information content (AvgIpc) is 2.93. The monoisotopic (exact) mass is 333 g/mol. The summed E-state index contributed by atoms with van der Waals surface area (Å²) in [5, 5.41) is 7.04. The van der Waals surface area contributed by atoms with Crippen LogP contribution in [0.3, 0.4) is 0 Å². The number of halogens is 1. The van der Waals surface area contributed by atoms with Crippen molar-refractivity contribution < 1.29 is 9.18 Å². The van der Waals surface area contributed by atoms with E-state index in [-0.39, 0.29) is 17.5 Å². The molecule has 0 saturated carbocycles. The molecule has 1 aromatic heterocycles. The van der Waals surface area contributed by atoms with Crippen molar-refractivity contribution in [3.8, 4) is 5.69 Å². The van der Waals surface area contributed by atoms with E-state index in [1.807, 2.05) is 0 Å². The number of rotatable bonds is 7. The summed E-state index contributed by atoms with van der Waals surface area (Å²) in [4.78, 5) is 18.6. The Morgan fingerprint density at radius 2 is 2.00 bits per heavy atom. The zero-order valence-electron chi connectivity index (χ0n) is 14.6. The molecule has 1 aromatic carbocycles. The van der Waals surface area contributed by atoms with E-state index in [1.54, 1.807) is 19.1 Å². The smallest absolute Gasteiger partial charge is 0.290 e. The first-order valence-electron chi connectivity index (χ1n) is 8.06. The van der Waals surface area contributed by atoms with Crippen LogP contribution in [0.4, 0.5) is 4.39 Å². The molecule has 0 atom stereocenters. The van der Waals surface area contributed by atoms with Crippen molar-refractivity contribution >= 4 is 5.91 Å². The molecule has 0 fully saturated rings. The Kier molecular flexibility index (Phi) is 6.03. The summed E-state index contributed by atoms with van der Waals surface area (Å²) in [6.45, 7) is 7.50. The van der Waals surface area contributed by atoms with Gasteiger partial charge in [0.25, 0.3) is 5.91 Å². The molecule has 1 amide bonds. The third-order valence-electron chi connectivity index (χ3n) is 3.90. The predicted molar refractivity (Wildman–Crippen MR) is 90.8 cm³/mol. The van der Waals surface area contributed by atoms with Crippen LogP contribution in [0.25, 0.3) is 5.69 Å². The Hall–Kier alpha value is -2.28. The number of hydrogen-bond acceptors (Lipinski definition) is 4. The summed E-state index contributed by atoms with van der Waals surface area (Å²) in [7, 11) is 2.06. The van der Waals surface area contributed by atoms with E-state index >= 15 is 0 Å². The zero-order chi connectivity index (χ0) is 17.7. The van der Waals surface area contributed by atoms with Gasteiger partial charge in [-0.3, -0.25) is 4.79 Å². The van der Waals surface area contributed by atoms with Gasteiger partial charge in [-0.25, -0.2) is 14.1 Å². The Morgan fingerprint density at radius 1 is 1.33 bits per heavy atom. The summed E-state index contributed by atoms with van der Waals surface area (Å²) in [6.07, 6.45) is 0.859. The molecule has 7 heteroatoms. The number of benzene rings is 1. The van der Waals surface area contributed by atoms with Crippen molar-refractivity contribution in [1.29, 1.82) is 0 Å². The zero-order valence-corrected chi connectivity index (χ0v) is 14.6. The van der Waals surface area contributed by atoms with Gasteiger partial charge in [-0.2, -0.15) is 0 Å². The second-order valence-electron chi connectivity index (χ2n) is 6.05. The van der Waals surface area contributed by atoms with Crippen molar-refractivity contribution in [2.45, 2.75) is 33.2 Å². The highest BCUT2D eigenvalue weighted by Crippen LogP contribution is 2.10. The molecule has 0 radical (unpaired) electrons. The number of amides is 1. The second-order valence-corrected chi connectivity index (χ2v) is 6.05. The van der Waals surface area contributed by atoms with Gasteiger partial charge < -0.3 is 10.2 Å². The number of nitrogens with zero attached hydrogens (tertiary/aromatic N) is 4. The summed E-state index contributed by atoms with van der Waals surface area (Å²) in [5.74, 6) is 0.0763. The average molecular weight is 333 g/mol. The van der Waals surface area contributed by atoms with Crippen LogP contribution < -0.4 is 5.32 Å². The van der Waals surface area contributed by atoms with E-state index in [4.69, 9.17) is 0 Å². The van der Waals surface area contributed by atoms with Crippen molar-refractivity contribution in [2.75, 3.05) is 20.1 Å². The molecule has 0 aliphatic rings. The summed E-state index contributed by atoms with van der Waals surface area (Å²) >= 11 is 0. The van der Waals surface area contributed by atoms with Crippen LogP contribution in [-0.4, -0.2) is 51.8 Å². The van der Waals surface area contributed by atoms with Gasteiger partial charge in [-0.15, -0.1) is 5.10 Å². The van der Waals surface area contributed by atoms with E-state index in [9.17, 15) is 9.18 Å². The molecule has 1 heterocycles. The number of hydrogen-bond donors (Lipinski definition) is 1. The van der Waals surface area contributed by atoms with E-state index in [0.717, 1.165) is 13.0 Å². The molecule has 0 aliphatic carbocycles. The Labute approximate surface area is 141 Å². The lowest BCUT2D eigenvalue weighted by Gasteiger charge is -2.20. The highest BCUT2D eigenvalue weighted by Gasteiger charge is 2.15. The van der Waals surface area contributed by atoms with Gasteiger partial charge in [0.05, 0.1) is 5.69 Å².